The van der Waals surface area contributed by atoms with Gasteiger partial charge in [-0.2, -0.15) is 0 Å². The summed E-state index contributed by atoms with van der Waals surface area (Å²) in [5.74, 6) is 0. The molecule has 0 spiro atoms. The van der Waals surface area contributed by atoms with Gasteiger partial charge in [-0.1, -0.05) is 0 Å². The second kappa shape index (κ2) is 3.58. The van der Waals surface area contributed by atoms with Gasteiger partial charge in [0, 0.05) is 17.6 Å². The Hall–Kier alpha value is -1.09. The number of anilines is 1. The van der Waals surface area contributed by atoms with Crippen molar-refractivity contribution < 1.29 is 5.11 Å². The molecule has 14 heavy (non-hydrogen) atoms. The zero-order chi connectivity index (χ0) is 10.0. The highest BCUT2D eigenvalue weighted by Gasteiger charge is 2.35. The van der Waals surface area contributed by atoms with Crippen LogP contribution in [-0.2, 0) is 0 Å². The van der Waals surface area contributed by atoms with Gasteiger partial charge in [0.1, 0.15) is 0 Å². The summed E-state index contributed by atoms with van der Waals surface area (Å²) in [5, 5.41) is 12.7. The van der Waals surface area contributed by atoms with Crippen LogP contribution in [0.2, 0.25) is 0 Å². The van der Waals surface area contributed by atoms with Crippen molar-refractivity contribution in [3.63, 3.8) is 0 Å². The van der Waals surface area contributed by atoms with Crippen LogP contribution in [0.25, 0.3) is 0 Å². The summed E-state index contributed by atoms with van der Waals surface area (Å²) in [6.07, 6.45) is 5.12. The lowest BCUT2D eigenvalue weighted by Gasteiger charge is -2.41. The number of aliphatic hydroxyl groups excluding tert-OH is 1. The van der Waals surface area contributed by atoms with Crippen molar-refractivity contribution >= 4 is 5.69 Å². The maximum Gasteiger partial charge on any atom is 0.0661 e. The number of hydrogen-bond acceptors (Lipinski definition) is 3. The van der Waals surface area contributed by atoms with Gasteiger partial charge in [-0.15, -0.1) is 0 Å². The van der Waals surface area contributed by atoms with E-state index in [1.54, 1.807) is 6.20 Å². The lowest BCUT2D eigenvalue weighted by atomic mass is 9.77. The molecule has 0 bridgehead atoms. The van der Waals surface area contributed by atoms with Crippen molar-refractivity contribution in [3.8, 4) is 0 Å². The first-order valence-corrected chi connectivity index (χ1v) is 5.06. The molecule has 1 aromatic heterocycles. The van der Waals surface area contributed by atoms with E-state index in [9.17, 15) is 5.11 Å². The molecule has 3 nitrogen and oxygen atoms in total. The van der Waals surface area contributed by atoms with Crippen LogP contribution in [0.1, 0.15) is 25.0 Å². The molecule has 2 N–H and O–H groups in total. The van der Waals surface area contributed by atoms with Gasteiger partial charge >= 0.3 is 0 Å². The van der Waals surface area contributed by atoms with E-state index in [1.807, 2.05) is 19.1 Å². The third-order valence-corrected chi connectivity index (χ3v) is 2.92. The molecular weight excluding hydrogens is 176 g/mol. The monoisotopic (exact) mass is 192 g/mol. The van der Waals surface area contributed by atoms with Crippen molar-refractivity contribution in [3.05, 3.63) is 24.0 Å². The summed E-state index contributed by atoms with van der Waals surface area (Å²) in [4.78, 5) is 4.14. The Balaban J connectivity index is 2.09. The van der Waals surface area contributed by atoms with E-state index >= 15 is 0 Å². The summed E-state index contributed by atoms with van der Waals surface area (Å²) in [7, 11) is 0. The standard InChI is InChI=1S/C11H16N2O/c1-9-7-10(3-6-12-9)13-11(8-14)4-2-5-11/h3,6-7,14H,2,4-5,8H2,1H3,(H,12,13). The van der Waals surface area contributed by atoms with Gasteiger partial charge in [0.05, 0.1) is 12.1 Å². The minimum atomic E-state index is -0.0617. The molecule has 1 saturated carbocycles. The largest absolute Gasteiger partial charge is 0.394 e. The first kappa shape index (κ1) is 9.46. The minimum absolute atomic E-state index is 0.0617. The van der Waals surface area contributed by atoms with Gasteiger partial charge in [-0.05, 0) is 38.3 Å². The first-order valence-electron chi connectivity index (χ1n) is 5.06. The molecule has 1 aromatic rings. The summed E-state index contributed by atoms with van der Waals surface area (Å²) >= 11 is 0. The zero-order valence-electron chi connectivity index (χ0n) is 8.45. The lowest BCUT2D eigenvalue weighted by Crippen LogP contribution is -2.48. The SMILES string of the molecule is Cc1cc(NC2(CO)CCC2)ccn1. The Kier molecular flexibility index (Phi) is 2.42. The normalized spacial score (nSPS) is 18.7. The molecule has 1 fully saturated rings. The van der Waals surface area contributed by atoms with Crippen molar-refractivity contribution in [2.24, 2.45) is 0 Å². The highest BCUT2D eigenvalue weighted by Crippen LogP contribution is 2.34. The maximum absolute atomic E-state index is 9.29. The van der Waals surface area contributed by atoms with E-state index in [2.05, 4.69) is 10.3 Å². The van der Waals surface area contributed by atoms with Crippen LogP contribution in [0.3, 0.4) is 0 Å². The Labute approximate surface area is 84.2 Å². The highest BCUT2D eigenvalue weighted by molar-refractivity contribution is 5.46. The van der Waals surface area contributed by atoms with Crippen LogP contribution in [0.5, 0.6) is 0 Å². The van der Waals surface area contributed by atoms with E-state index < -0.39 is 0 Å². The summed E-state index contributed by atoms with van der Waals surface area (Å²) in [6.45, 7) is 2.19. The third-order valence-electron chi connectivity index (χ3n) is 2.92. The highest BCUT2D eigenvalue weighted by atomic mass is 16.3. The maximum atomic E-state index is 9.29. The molecule has 0 amide bonds. The van der Waals surface area contributed by atoms with E-state index in [0.29, 0.717) is 0 Å². The second-order valence-corrected chi connectivity index (χ2v) is 4.10. The average Bonchev–Trinajstić information content (AvgIpc) is 2.11. The minimum Gasteiger partial charge on any atom is -0.394 e. The fourth-order valence-electron chi connectivity index (χ4n) is 1.86. The van der Waals surface area contributed by atoms with E-state index in [0.717, 1.165) is 24.2 Å². The van der Waals surface area contributed by atoms with Gasteiger partial charge in [-0.25, -0.2) is 0 Å². The van der Waals surface area contributed by atoms with Gasteiger partial charge in [0.2, 0.25) is 0 Å². The van der Waals surface area contributed by atoms with Gasteiger partial charge in [0.15, 0.2) is 0 Å². The summed E-state index contributed by atoms with van der Waals surface area (Å²) in [6, 6.07) is 3.96. The van der Waals surface area contributed by atoms with Crippen molar-refractivity contribution in [2.75, 3.05) is 11.9 Å². The Morgan fingerprint density at radius 1 is 1.57 bits per heavy atom. The van der Waals surface area contributed by atoms with Crippen LogP contribution < -0.4 is 5.32 Å². The number of hydrogen-bond donors (Lipinski definition) is 2. The van der Waals surface area contributed by atoms with E-state index in [4.69, 9.17) is 0 Å². The molecule has 1 aliphatic carbocycles. The van der Waals surface area contributed by atoms with Crippen LogP contribution in [0.15, 0.2) is 18.3 Å². The van der Waals surface area contributed by atoms with Gasteiger partial charge in [0.25, 0.3) is 0 Å². The lowest BCUT2D eigenvalue weighted by molar-refractivity contribution is 0.144. The number of aliphatic hydroxyl groups is 1. The molecule has 3 heteroatoms. The number of pyridine rings is 1. The molecule has 2 rings (SSSR count). The zero-order valence-corrected chi connectivity index (χ0v) is 8.45. The molecule has 0 radical (unpaired) electrons. The number of aromatic nitrogens is 1. The van der Waals surface area contributed by atoms with Crippen molar-refractivity contribution in [2.45, 2.75) is 31.7 Å². The number of nitrogens with one attached hydrogen (secondary N) is 1. The van der Waals surface area contributed by atoms with Crippen LogP contribution in [0.4, 0.5) is 5.69 Å². The summed E-state index contributed by atoms with van der Waals surface area (Å²) in [5.41, 5.74) is 2.00. The predicted octanol–water partition coefficient (Wildman–Crippen LogP) is 1.72. The molecular formula is C11H16N2O. The van der Waals surface area contributed by atoms with Crippen LogP contribution >= 0.6 is 0 Å². The predicted molar refractivity (Wildman–Crippen MR) is 56.3 cm³/mol. The third kappa shape index (κ3) is 1.73. The Morgan fingerprint density at radius 2 is 2.36 bits per heavy atom. The molecule has 0 aliphatic heterocycles. The molecule has 1 heterocycles. The van der Waals surface area contributed by atoms with Gasteiger partial charge in [-0.3, -0.25) is 4.98 Å². The quantitative estimate of drug-likeness (QED) is 0.766. The second-order valence-electron chi connectivity index (χ2n) is 4.10. The number of aryl methyl sites for hydroxylation is 1. The van der Waals surface area contributed by atoms with E-state index in [1.165, 1.54) is 6.42 Å². The van der Waals surface area contributed by atoms with Crippen LogP contribution in [-0.4, -0.2) is 22.2 Å². The Morgan fingerprint density at radius 3 is 2.86 bits per heavy atom. The molecule has 1 aliphatic rings. The summed E-state index contributed by atoms with van der Waals surface area (Å²) < 4.78 is 0. The van der Waals surface area contributed by atoms with Crippen LogP contribution in [0, 0.1) is 6.92 Å². The number of rotatable bonds is 3. The Bertz CT molecular complexity index is 315. The smallest absolute Gasteiger partial charge is 0.0661 e. The molecule has 0 aromatic carbocycles. The first-order chi connectivity index (χ1) is 6.74. The molecule has 0 unspecified atom stereocenters. The molecule has 76 valence electrons. The van der Waals surface area contributed by atoms with Gasteiger partial charge < -0.3 is 10.4 Å². The van der Waals surface area contributed by atoms with Crippen molar-refractivity contribution in [1.82, 2.24) is 4.98 Å². The average molecular weight is 192 g/mol. The fourth-order valence-corrected chi connectivity index (χ4v) is 1.86. The topological polar surface area (TPSA) is 45.1 Å². The molecule has 0 atom stereocenters. The molecule has 0 saturated heterocycles. The van der Waals surface area contributed by atoms with E-state index in [-0.39, 0.29) is 12.1 Å². The number of nitrogens with zero attached hydrogens (tertiary/aromatic N) is 1. The fraction of sp³-hybridized carbons (Fsp3) is 0.545. The van der Waals surface area contributed by atoms with Crippen molar-refractivity contribution in [1.29, 1.82) is 0 Å².